The fourth-order valence-corrected chi connectivity index (χ4v) is 8.80. The maximum absolute atomic E-state index is 12.9. The zero-order chi connectivity index (χ0) is 31.8. The maximum Gasteiger partial charge on any atom is 0.521 e. The highest BCUT2D eigenvalue weighted by Crippen LogP contribution is 2.55. The average Bonchev–Trinajstić information content (AvgIpc) is 3.09. The number of oxime groups is 1. The monoisotopic (exact) mass is 652 g/mol. The van der Waals surface area contributed by atoms with Gasteiger partial charge in [0.1, 0.15) is 17.1 Å². The van der Waals surface area contributed by atoms with Gasteiger partial charge in [-0.25, -0.2) is 9.08 Å². The van der Waals surface area contributed by atoms with Crippen molar-refractivity contribution in [3.05, 3.63) is 53.6 Å². The van der Waals surface area contributed by atoms with Crippen molar-refractivity contribution in [2.75, 3.05) is 11.9 Å². The zero-order valence-electron chi connectivity index (χ0n) is 26.8. The molecule has 9 nitrogen and oxygen atoms in total. The van der Waals surface area contributed by atoms with Crippen LogP contribution < -0.4 is 14.2 Å². The second-order valence-corrected chi connectivity index (χ2v) is 14.6. The summed E-state index contributed by atoms with van der Waals surface area (Å²) < 4.78 is 46.8. The van der Waals surface area contributed by atoms with E-state index in [1.54, 1.807) is 12.1 Å². The summed E-state index contributed by atoms with van der Waals surface area (Å²) in [7, 11) is -4.32. The van der Waals surface area contributed by atoms with E-state index >= 15 is 0 Å². The molecule has 3 fully saturated rings. The van der Waals surface area contributed by atoms with Gasteiger partial charge in [-0.15, -0.1) is 8.42 Å². The summed E-state index contributed by atoms with van der Waals surface area (Å²) in [5.74, 6) is 2.08. The van der Waals surface area contributed by atoms with E-state index in [0.717, 1.165) is 42.7 Å². The fourth-order valence-electron chi connectivity index (χ4n) is 8.26. The molecule has 2 aromatic rings. The number of nitrogens with zero attached hydrogens (tertiary/aromatic N) is 1. The first kappa shape index (κ1) is 32.7. The van der Waals surface area contributed by atoms with Crippen LogP contribution in [0.5, 0.6) is 11.5 Å². The number of fused-ring (bicyclic) bond motifs is 1. The summed E-state index contributed by atoms with van der Waals surface area (Å²) in [6.45, 7) is 0.411. The van der Waals surface area contributed by atoms with Crippen molar-refractivity contribution in [1.29, 1.82) is 0 Å². The Bertz CT molecular complexity index is 1420. The van der Waals surface area contributed by atoms with Crippen LogP contribution in [0, 0.1) is 11.8 Å². The third kappa shape index (κ3) is 7.81. The Balaban J connectivity index is 1.02. The first-order chi connectivity index (χ1) is 22.4. The molecule has 0 saturated heterocycles. The van der Waals surface area contributed by atoms with Crippen LogP contribution in [0.2, 0.25) is 0 Å². The number of unbranched alkanes of at least 4 members (excludes halogenated alkanes) is 1. The SMILES string of the molecule is O=C1Nc2ccc(OCCCC=NOS(=O)(=O)Oc3ccc(C4CCCCC4)cc3)cc2C(C2CCCCC2)(C2CCCCC2)O1. The highest BCUT2D eigenvalue weighted by molar-refractivity contribution is 7.82. The van der Waals surface area contributed by atoms with Crippen LogP contribution in [0.3, 0.4) is 0 Å². The van der Waals surface area contributed by atoms with E-state index in [1.807, 2.05) is 24.3 Å². The van der Waals surface area contributed by atoms with Gasteiger partial charge in [0.05, 0.1) is 12.3 Å². The van der Waals surface area contributed by atoms with E-state index in [9.17, 15) is 13.2 Å². The summed E-state index contributed by atoms with van der Waals surface area (Å²) in [5.41, 5.74) is 2.47. The molecule has 3 aliphatic carbocycles. The lowest BCUT2D eigenvalue weighted by Gasteiger charge is -2.50. The summed E-state index contributed by atoms with van der Waals surface area (Å²) in [4.78, 5) is 12.9. The molecule has 2 aromatic carbocycles. The molecule has 250 valence electrons. The molecule has 1 heterocycles. The average molecular weight is 653 g/mol. The summed E-state index contributed by atoms with van der Waals surface area (Å²) in [6.07, 6.45) is 19.7. The second kappa shape index (κ2) is 15.1. The topological polar surface area (TPSA) is 113 Å². The van der Waals surface area contributed by atoms with Crippen LogP contribution in [-0.2, 0) is 25.0 Å². The number of hydrogen-bond acceptors (Lipinski definition) is 8. The molecule has 46 heavy (non-hydrogen) atoms. The Labute approximate surface area is 273 Å². The van der Waals surface area contributed by atoms with Crippen LogP contribution in [0.4, 0.5) is 10.5 Å². The molecule has 0 aromatic heterocycles. The molecular formula is C36H48N2O7S. The van der Waals surface area contributed by atoms with Crippen molar-refractivity contribution in [2.45, 2.75) is 121 Å². The molecule has 0 unspecified atom stereocenters. The van der Waals surface area contributed by atoms with Crippen molar-refractivity contribution in [3.63, 3.8) is 0 Å². The Morgan fingerprint density at radius 3 is 2.09 bits per heavy atom. The molecule has 10 heteroatoms. The number of benzene rings is 2. The first-order valence-corrected chi connectivity index (χ1v) is 18.8. The third-order valence-corrected chi connectivity index (χ3v) is 11.1. The molecule has 0 radical (unpaired) electrons. The quantitative estimate of drug-likeness (QED) is 0.138. The molecule has 3 saturated carbocycles. The molecule has 0 atom stereocenters. The van der Waals surface area contributed by atoms with Crippen molar-refractivity contribution in [1.82, 2.24) is 0 Å². The smallest absolute Gasteiger partial charge is 0.494 e. The molecule has 1 N–H and O–H groups in total. The fraction of sp³-hybridized carbons (Fsp3) is 0.611. The number of cyclic esters (lactones) is 1. The number of carbonyl (C=O) groups excluding carboxylic acids is 1. The van der Waals surface area contributed by atoms with Crippen LogP contribution >= 0.6 is 0 Å². The third-order valence-electron chi connectivity index (χ3n) is 10.4. The minimum Gasteiger partial charge on any atom is -0.494 e. The van der Waals surface area contributed by atoms with Crippen LogP contribution in [0.25, 0.3) is 0 Å². The standard InChI is InChI=1S/C36H48N2O7S/c39-35-38-34-23-22-32(26-33(34)36(43-35,29-14-6-2-7-15-29)30-16-8-3-9-17-30)42-25-11-10-24-37-45-46(40,41)44-31-20-18-28(19-21-31)27-12-4-1-5-13-27/h18-24,26-27,29-30H,1-17,25H2,(H,38,39). The normalized spacial score (nSPS) is 21.3. The Morgan fingerprint density at radius 2 is 1.43 bits per heavy atom. The summed E-state index contributed by atoms with van der Waals surface area (Å²) in [6, 6.07) is 13.1. The van der Waals surface area contributed by atoms with Gasteiger partial charge in [-0.1, -0.05) is 75.1 Å². The maximum atomic E-state index is 12.9. The molecule has 0 spiro atoms. The van der Waals surface area contributed by atoms with Gasteiger partial charge in [-0.2, -0.15) is 0 Å². The lowest BCUT2D eigenvalue weighted by molar-refractivity contribution is -0.104. The van der Waals surface area contributed by atoms with Gasteiger partial charge in [0, 0.05) is 23.6 Å². The number of nitrogens with one attached hydrogen (secondary N) is 1. The van der Waals surface area contributed by atoms with Gasteiger partial charge in [0.15, 0.2) is 0 Å². The molecule has 4 aliphatic rings. The van der Waals surface area contributed by atoms with Crippen LogP contribution in [0.1, 0.15) is 126 Å². The number of hydrogen-bond donors (Lipinski definition) is 1. The summed E-state index contributed by atoms with van der Waals surface area (Å²) >= 11 is 0. The lowest BCUT2D eigenvalue weighted by Crippen LogP contribution is -2.51. The molecule has 1 amide bonds. The van der Waals surface area contributed by atoms with E-state index in [4.69, 9.17) is 13.7 Å². The largest absolute Gasteiger partial charge is 0.521 e. The Morgan fingerprint density at radius 1 is 0.826 bits per heavy atom. The van der Waals surface area contributed by atoms with Crippen molar-refractivity contribution in [3.8, 4) is 11.5 Å². The molecule has 1 aliphatic heterocycles. The van der Waals surface area contributed by atoms with Crippen molar-refractivity contribution < 1.29 is 31.2 Å². The number of ether oxygens (including phenoxy) is 2. The van der Waals surface area contributed by atoms with E-state index in [2.05, 4.69) is 20.8 Å². The highest BCUT2D eigenvalue weighted by Gasteiger charge is 2.53. The predicted octanol–water partition coefficient (Wildman–Crippen LogP) is 9.14. The minimum atomic E-state index is -4.32. The van der Waals surface area contributed by atoms with E-state index in [1.165, 1.54) is 82.4 Å². The number of amides is 1. The van der Waals surface area contributed by atoms with Gasteiger partial charge in [-0.05, 0) is 93.2 Å². The van der Waals surface area contributed by atoms with Crippen molar-refractivity contribution in [2.24, 2.45) is 17.0 Å². The number of anilines is 1. The second-order valence-electron chi connectivity index (χ2n) is 13.4. The van der Waals surface area contributed by atoms with Crippen LogP contribution in [0.15, 0.2) is 47.6 Å². The summed E-state index contributed by atoms with van der Waals surface area (Å²) in [5, 5.41) is 6.56. The van der Waals surface area contributed by atoms with Gasteiger partial charge < -0.3 is 13.7 Å². The number of rotatable bonds is 12. The molecule has 6 rings (SSSR count). The minimum absolute atomic E-state index is 0.203. The zero-order valence-corrected chi connectivity index (χ0v) is 27.6. The first-order valence-electron chi connectivity index (χ1n) is 17.4. The van der Waals surface area contributed by atoms with Gasteiger partial charge in [0.25, 0.3) is 0 Å². The number of carbonyl (C=O) groups is 1. The van der Waals surface area contributed by atoms with Gasteiger partial charge in [0.2, 0.25) is 0 Å². The Hall–Kier alpha value is -3.27. The highest BCUT2D eigenvalue weighted by atomic mass is 32.3. The van der Waals surface area contributed by atoms with Gasteiger partial charge >= 0.3 is 16.5 Å². The van der Waals surface area contributed by atoms with Crippen LogP contribution in [-0.4, -0.2) is 27.3 Å². The predicted molar refractivity (Wildman–Crippen MR) is 177 cm³/mol. The van der Waals surface area contributed by atoms with E-state index in [-0.39, 0.29) is 11.8 Å². The van der Waals surface area contributed by atoms with Crippen molar-refractivity contribution >= 4 is 28.4 Å². The lowest BCUT2D eigenvalue weighted by atomic mass is 9.62. The van der Waals surface area contributed by atoms with E-state index < -0.39 is 16.0 Å². The van der Waals surface area contributed by atoms with Gasteiger partial charge in [-0.3, -0.25) is 5.32 Å². The molecule has 0 bridgehead atoms. The Kier molecular flexibility index (Phi) is 10.7. The van der Waals surface area contributed by atoms with E-state index in [0.29, 0.717) is 37.2 Å². The molecular weight excluding hydrogens is 604 g/mol.